The molecule has 1 atom stereocenters. The zero-order valence-corrected chi connectivity index (χ0v) is 23.7. The Hall–Kier alpha value is -1.87. The van der Waals surface area contributed by atoms with E-state index in [2.05, 4.69) is 43.5 Å². The molecule has 2 nitrogen and oxygen atoms in total. The Balaban J connectivity index is 1.53. The van der Waals surface area contributed by atoms with Crippen molar-refractivity contribution in [2.45, 2.75) is 117 Å². The quantitative estimate of drug-likeness (QED) is 0.119. The van der Waals surface area contributed by atoms with Gasteiger partial charge < -0.3 is 4.74 Å². The fourth-order valence-electron chi connectivity index (χ4n) is 5.32. The first kappa shape index (κ1) is 28.7. The third-order valence-electron chi connectivity index (χ3n) is 7.56. The number of fused-ring (bicyclic) bond motifs is 3. The third kappa shape index (κ3) is 9.21. The van der Waals surface area contributed by atoms with Gasteiger partial charge >= 0.3 is 5.97 Å². The first-order valence-electron chi connectivity index (χ1n) is 14.8. The highest BCUT2D eigenvalue weighted by molar-refractivity contribution is 7.18. The van der Waals surface area contributed by atoms with E-state index < -0.39 is 0 Å². The van der Waals surface area contributed by atoms with Crippen LogP contribution in [0.2, 0.25) is 0 Å². The van der Waals surface area contributed by atoms with Crippen LogP contribution in [0.1, 0.15) is 127 Å². The SMILES string of the molecule is CCCCCCCCCCC(CCCCCCCC)COC(=O)c1cc2ccccc2c2sccc12. The summed E-state index contributed by atoms with van der Waals surface area (Å²) >= 11 is 1.71. The second-order valence-electron chi connectivity index (χ2n) is 10.6. The Morgan fingerprint density at radius 3 is 1.97 bits per heavy atom. The molecule has 1 heterocycles. The van der Waals surface area contributed by atoms with Gasteiger partial charge in [-0.05, 0) is 47.0 Å². The van der Waals surface area contributed by atoms with Gasteiger partial charge in [0.05, 0.1) is 12.2 Å². The Morgan fingerprint density at radius 1 is 0.750 bits per heavy atom. The van der Waals surface area contributed by atoms with E-state index >= 15 is 0 Å². The molecule has 0 amide bonds. The largest absolute Gasteiger partial charge is 0.462 e. The summed E-state index contributed by atoms with van der Waals surface area (Å²) in [6.45, 7) is 5.11. The van der Waals surface area contributed by atoms with Crippen molar-refractivity contribution in [1.29, 1.82) is 0 Å². The summed E-state index contributed by atoms with van der Waals surface area (Å²) in [6, 6.07) is 12.4. The number of hydrogen-bond donors (Lipinski definition) is 0. The molecule has 0 saturated heterocycles. The van der Waals surface area contributed by atoms with Crippen LogP contribution in [0.4, 0.5) is 0 Å². The molecule has 3 aromatic rings. The summed E-state index contributed by atoms with van der Waals surface area (Å²) in [5.74, 6) is 0.326. The van der Waals surface area contributed by atoms with Gasteiger partial charge in [0.2, 0.25) is 0 Å². The molecule has 3 rings (SSSR count). The van der Waals surface area contributed by atoms with Gasteiger partial charge in [-0.1, -0.05) is 128 Å². The molecule has 0 aliphatic rings. The topological polar surface area (TPSA) is 26.3 Å². The van der Waals surface area contributed by atoms with Gasteiger partial charge in [0, 0.05) is 10.1 Å². The van der Waals surface area contributed by atoms with Crippen LogP contribution in [0.5, 0.6) is 0 Å². The summed E-state index contributed by atoms with van der Waals surface area (Å²) in [5.41, 5.74) is 0.718. The van der Waals surface area contributed by atoms with E-state index in [1.807, 2.05) is 12.1 Å². The van der Waals surface area contributed by atoms with E-state index in [4.69, 9.17) is 4.74 Å². The molecule has 1 unspecified atom stereocenters. The minimum atomic E-state index is -0.159. The Kier molecular flexibility index (Phi) is 13.4. The summed E-state index contributed by atoms with van der Waals surface area (Å²) in [7, 11) is 0. The summed E-state index contributed by atoms with van der Waals surface area (Å²) in [6.07, 6.45) is 21.0. The summed E-state index contributed by atoms with van der Waals surface area (Å²) < 4.78 is 7.18. The fourth-order valence-corrected chi connectivity index (χ4v) is 6.28. The monoisotopic (exact) mass is 508 g/mol. The van der Waals surface area contributed by atoms with Gasteiger partial charge in [-0.25, -0.2) is 4.79 Å². The lowest BCUT2D eigenvalue weighted by atomic mass is 9.94. The number of thiophene rings is 1. The van der Waals surface area contributed by atoms with Crippen LogP contribution in [0.25, 0.3) is 20.9 Å². The van der Waals surface area contributed by atoms with E-state index in [1.54, 1.807) is 11.3 Å². The standard InChI is InChI=1S/C33H48O2S/c1-3-5-7-9-11-12-14-16-20-27(19-15-13-10-8-6-4-2)26-35-33(34)31-25-28-21-17-18-22-29(28)32-30(31)23-24-36-32/h17-18,21-25,27H,3-16,19-20,26H2,1-2H3. The lowest BCUT2D eigenvalue weighted by Crippen LogP contribution is -2.15. The van der Waals surface area contributed by atoms with E-state index in [1.165, 1.54) is 113 Å². The lowest BCUT2D eigenvalue weighted by molar-refractivity contribution is 0.0424. The van der Waals surface area contributed by atoms with E-state index in [0.717, 1.165) is 16.3 Å². The van der Waals surface area contributed by atoms with Crippen LogP contribution in [0.3, 0.4) is 0 Å². The van der Waals surface area contributed by atoms with Gasteiger partial charge in [-0.3, -0.25) is 0 Å². The van der Waals surface area contributed by atoms with Gasteiger partial charge in [0.25, 0.3) is 0 Å². The van der Waals surface area contributed by atoms with Crippen molar-refractivity contribution < 1.29 is 9.53 Å². The van der Waals surface area contributed by atoms with Crippen LogP contribution >= 0.6 is 11.3 Å². The average molecular weight is 509 g/mol. The second-order valence-corrected chi connectivity index (χ2v) is 11.5. The normalized spacial score (nSPS) is 12.4. The smallest absolute Gasteiger partial charge is 0.338 e. The van der Waals surface area contributed by atoms with Crippen molar-refractivity contribution in [2.24, 2.45) is 5.92 Å². The van der Waals surface area contributed by atoms with Gasteiger partial charge in [0.15, 0.2) is 0 Å². The molecule has 0 bridgehead atoms. The Labute approximate surface area is 223 Å². The molecule has 0 aliphatic heterocycles. The highest BCUT2D eigenvalue weighted by Crippen LogP contribution is 2.33. The molecule has 1 aromatic heterocycles. The number of ether oxygens (including phenoxy) is 1. The molecule has 2 aromatic carbocycles. The number of carbonyl (C=O) groups excluding carboxylic acids is 1. The number of carbonyl (C=O) groups is 1. The van der Waals surface area contributed by atoms with Crippen molar-refractivity contribution >= 4 is 38.2 Å². The maximum absolute atomic E-state index is 13.2. The first-order valence-corrected chi connectivity index (χ1v) is 15.7. The predicted octanol–water partition coefficient (Wildman–Crippen LogP) is 11.1. The third-order valence-corrected chi connectivity index (χ3v) is 8.51. The lowest BCUT2D eigenvalue weighted by Gasteiger charge is -2.18. The Morgan fingerprint density at radius 2 is 1.33 bits per heavy atom. The highest BCUT2D eigenvalue weighted by Gasteiger charge is 2.18. The molecule has 0 radical (unpaired) electrons. The van der Waals surface area contributed by atoms with Crippen molar-refractivity contribution in [3.05, 3.63) is 47.3 Å². The van der Waals surface area contributed by atoms with Crippen molar-refractivity contribution in [1.82, 2.24) is 0 Å². The minimum absolute atomic E-state index is 0.159. The molecule has 198 valence electrons. The molecule has 0 saturated carbocycles. The summed E-state index contributed by atoms with van der Waals surface area (Å²) in [4.78, 5) is 13.2. The zero-order chi connectivity index (χ0) is 25.4. The van der Waals surface area contributed by atoms with Crippen molar-refractivity contribution in [2.75, 3.05) is 6.61 Å². The van der Waals surface area contributed by atoms with E-state index in [-0.39, 0.29) is 5.97 Å². The van der Waals surface area contributed by atoms with Crippen molar-refractivity contribution in [3.8, 4) is 0 Å². The maximum atomic E-state index is 13.2. The number of hydrogen-bond acceptors (Lipinski definition) is 3. The molecular formula is C33H48O2S. The average Bonchev–Trinajstić information content (AvgIpc) is 3.40. The van der Waals surface area contributed by atoms with Crippen LogP contribution in [0.15, 0.2) is 41.8 Å². The fraction of sp³-hybridized carbons (Fsp3) is 0.606. The zero-order valence-electron chi connectivity index (χ0n) is 22.9. The van der Waals surface area contributed by atoms with Crippen molar-refractivity contribution in [3.63, 3.8) is 0 Å². The number of unbranched alkanes of at least 4 members (excludes halogenated alkanes) is 12. The molecule has 0 fully saturated rings. The molecule has 36 heavy (non-hydrogen) atoms. The van der Waals surface area contributed by atoms with Gasteiger partial charge in [-0.15, -0.1) is 11.3 Å². The molecular weight excluding hydrogens is 460 g/mol. The minimum Gasteiger partial charge on any atom is -0.462 e. The van der Waals surface area contributed by atoms with Crippen LogP contribution in [-0.4, -0.2) is 12.6 Å². The summed E-state index contributed by atoms with van der Waals surface area (Å²) in [5, 5.41) is 5.44. The van der Waals surface area contributed by atoms with E-state index in [9.17, 15) is 4.79 Å². The van der Waals surface area contributed by atoms with Gasteiger partial charge in [0.1, 0.15) is 0 Å². The van der Waals surface area contributed by atoms with Crippen LogP contribution < -0.4 is 0 Å². The number of rotatable bonds is 19. The maximum Gasteiger partial charge on any atom is 0.338 e. The predicted molar refractivity (Wildman–Crippen MR) is 158 cm³/mol. The molecule has 0 spiro atoms. The number of benzene rings is 2. The second kappa shape index (κ2) is 16.8. The molecule has 0 aliphatic carbocycles. The number of esters is 1. The Bertz CT molecular complexity index is 1020. The van der Waals surface area contributed by atoms with E-state index in [0.29, 0.717) is 12.5 Å². The van der Waals surface area contributed by atoms with Crippen LogP contribution in [-0.2, 0) is 4.74 Å². The molecule has 0 N–H and O–H groups in total. The van der Waals surface area contributed by atoms with Crippen LogP contribution in [0, 0.1) is 5.92 Å². The first-order chi connectivity index (χ1) is 17.7. The molecule has 3 heteroatoms. The van der Waals surface area contributed by atoms with Gasteiger partial charge in [-0.2, -0.15) is 0 Å². The highest BCUT2D eigenvalue weighted by atomic mass is 32.1.